The lowest BCUT2D eigenvalue weighted by atomic mass is 10.0. The van der Waals surface area contributed by atoms with E-state index < -0.39 is 0 Å². The molecule has 0 spiro atoms. The van der Waals surface area contributed by atoms with Gasteiger partial charge in [0.05, 0.1) is 19.0 Å². The lowest BCUT2D eigenvalue weighted by Gasteiger charge is -2.08. The molecule has 0 saturated heterocycles. The highest BCUT2D eigenvalue weighted by molar-refractivity contribution is 5.83. The van der Waals surface area contributed by atoms with E-state index in [9.17, 15) is 10.5 Å². The van der Waals surface area contributed by atoms with Gasteiger partial charge in [-0.2, -0.15) is 15.8 Å². The predicted octanol–water partition coefficient (Wildman–Crippen LogP) is 2.03. The molecule has 2 aromatic heterocycles. The van der Waals surface area contributed by atoms with Crippen LogP contribution in [0.3, 0.4) is 0 Å². The van der Waals surface area contributed by atoms with Crippen LogP contribution in [0.5, 0.6) is 0 Å². The van der Waals surface area contributed by atoms with Gasteiger partial charge in [-0.15, -0.1) is 0 Å². The first-order chi connectivity index (χ1) is 12.7. The Balaban J connectivity index is 1.85. The molecule has 0 fully saturated rings. The van der Waals surface area contributed by atoms with Crippen molar-refractivity contribution in [3.63, 3.8) is 0 Å². The third-order valence-corrected chi connectivity index (χ3v) is 4.23. The summed E-state index contributed by atoms with van der Waals surface area (Å²) in [5.74, 6) is 0.570. The maximum atomic E-state index is 9.49. The van der Waals surface area contributed by atoms with Crippen molar-refractivity contribution in [2.45, 2.75) is 12.8 Å². The maximum absolute atomic E-state index is 9.49. The van der Waals surface area contributed by atoms with E-state index in [2.05, 4.69) is 27.4 Å². The molecule has 0 saturated carbocycles. The number of para-hydroxylation sites is 1. The highest BCUT2D eigenvalue weighted by atomic mass is 15.0. The molecule has 0 bridgehead atoms. The molecule has 7 heteroatoms. The van der Waals surface area contributed by atoms with E-state index in [1.54, 1.807) is 0 Å². The molecule has 7 nitrogen and oxygen atoms in total. The molecule has 2 heterocycles. The zero-order valence-corrected chi connectivity index (χ0v) is 13.9. The van der Waals surface area contributed by atoms with Gasteiger partial charge in [-0.1, -0.05) is 18.2 Å². The minimum atomic E-state index is -0.0538. The van der Waals surface area contributed by atoms with Crippen LogP contribution in [0.1, 0.15) is 22.3 Å². The predicted molar refractivity (Wildman–Crippen MR) is 96.6 cm³/mol. The molecule has 0 aliphatic carbocycles. The van der Waals surface area contributed by atoms with Gasteiger partial charge in [0, 0.05) is 29.1 Å². The molecule has 0 unspecified atom stereocenters. The van der Waals surface area contributed by atoms with Gasteiger partial charge in [0.25, 0.3) is 0 Å². The minimum absolute atomic E-state index is 0.0538. The number of nitriles is 3. The summed E-state index contributed by atoms with van der Waals surface area (Å²) in [7, 11) is 0. The number of nitrogens with one attached hydrogen (secondary N) is 3. The molecule has 3 rings (SSSR count). The molecule has 1 aromatic carbocycles. The molecular formula is C19H16N7+. The summed E-state index contributed by atoms with van der Waals surface area (Å²) >= 11 is 0. The molecule has 0 atom stereocenters. The monoisotopic (exact) mass is 342 g/mol. The fourth-order valence-electron chi connectivity index (χ4n) is 3.00. The highest BCUT2D eigenvalue weighted by Crippen LogP contribution is 2.23. The number of nitrogen functional groups attached to an aromatic ring is 1. The number of benzene rings is 1. The molecule has 126 valence electrons. The standard InChI is InChI=1S/C19H15N7/c20-7-5-14-15(9-21)18(23)26-19(16(14)10-22)24-8-6-12-11-25-17-4-2-1-3-13(12)17/h1-4,11,25H,5-6,8H2,(H3,23,24,26)/p+1. The van der Waals surface area contributed by atoms with Crippen LogP contribution < -0.4 is 16.0 Å². The fourth-order valence-corrected chi connectivity index (χ4v) is 3.00. The quantitative estimate of drug-likeness (QED) is 0.651. The van der Waals surface area contributed by atoms with Crippen molar-refractivity contribution in [1.82, 2.24) is 4.98 Å². The number of fused-ring (bicyclic) bond motifs is 1. The Kier molecular flexibility index (Phi) is 4.69. The topological polar surface area (TPSA) is 139 Å². The Labute approximate surface area is 150 Å². The molecule has 0 amide bonds. The van der Waals surface area contributed by atoms with Crippen molar-refractivity contribution >= 4 is 22.5 Å². The molecule has 0 aliphatic heterocycles. The van der Waals surface area contributed by atoms with Crippen LogP contribution in [0.15, 0.2) is 30.5 Å². The number of pyridine rings is 1. The number of hydrogen-bond acceptors (Lipinski definition) is 5. The molecular weight excluding hydrogens is 326 g/mol. The average molecular weight is 342 g/mol. The van der Waals surface area contributed by atoms with Crippen molar-refractivity contribution in [3.8, 4) is 18.2 Å². The van der Waals surface area contributed by atoms with Crippen LogP contribution in [0, 0.1) is 34.0 Å². The lowest BCUT2D eigenvalue weighted by Crippen LogP contribution is -2.23. The number of anilines is 2. The van der Waals surface area contributed by atoms with Crippen molar-refractivity contribution in [2.75, 3.05) is 17.6 Å². The Morgan fingerprint density at radius 1 is 1.12 bits per heavy atom. The maximum Gasteiger partial charge on any atom is 0.237 e. The van der Waals surface area contributed by atoms with E-state index in [0.717, 1.165) is 22.9 Å². The van der Waals surface area contributed by atoms with Crippen LogP contribution in [0.25, 0.3) is 10.9 Å². The third-order valence-electron chi connectivity index (χ3n) is 4.23. The number of nitrogens with two attached hydrogens (primary N) is 1. The van der Waals surface area contributed by atoms with Crippen molar-refractivity contribution in [2.24, 2.45) is 0 Å². The van der Waals surface area contributed by atoms with E-state index in [4.69, 9.17) is 11.0 Å². The van der Waals surface area contributed by atoms with E-state index in [0.29, 0.717) is 17.9 Å². The molecule has 26 heavy (non-hydrogen) atoms. The van der Waals surface area contributed by atoms with Crippen molar-refractivity contribution in [3.05, 3.63) is 52.7 Å². The Morgan fingerprint density at radius 3 is 2.62 bits per heavy atom. The summed E-state index contributed by atoms with van der Waals surface area (Å²) in [6.45, 7) is 0.560. The first kappa shape index (κ1) is 16.8. The van der Waals surface area contributed by atoms with Gasteiger partial charge >= 0.3 is 0 Å². The second kappa shape index (κ2) is 7.25. The van der Waals surface area contributed by atoms with E-state index in [-0.39, 0.29) is 23.4 Å². The third kappa shape index (κ3) is 3.00. The summed E-state index contributed by atoms with van der Waals surface area (Å²) < 4.78 is 0. The van der Waals surface area contributed by atoms with Gasteiger partial charge in [0.15, 0.2) is 0 Å². The van der Waals surface area contributed by atoms with Crippen LogP contribution in [-0.4, -0.2) is 11.5 Å². The summed E-state index contributed by atoms with van der Waals surface area (Å²) in [5.41, 5.74) is 8.86. The van der Waals surface area contributed by atoms with Crippen molar-refractivity contribution < 1.29 is 4.98 Å². The van der Waals surface area contributed by atoms with Crippen LogP contribution in [-0.2, 0) is 12.8 Å². The Hall–Kier alpha value is -4.02. The van der Waals surface area contributed by atoms with Gasteiger partial charge in [0.2, 0.25) is 11.6 Å². The van der Waals surface area contributed by atoms with Gasteiger partial charge < -0.3 is 16.0 Å². The zero-order valence-electron chi connectivity index (χ0n) is 13.9. The molecule has 0 aliphatic rings. The number of rotatable bonds is 5. The smallest absolute Gasteiger partial charge is 0.237 e. The number of aromatic amines is 2. The summed E-state index contributed by atoms with van der Waals surface area (Å²) in [5, 5.41) is 32.1. The Morgan fingerprint density at radius 2 is 1.88 bits per heavy atom. The summed E-state index contributed by atoms with van der Waals surface area (Å²) in [6, 6.07) is 14.0. The van der Waals surface area contributed by atoms with Gasteiger partial charge in [-0.25, -0.2) is 4.98 Å². The lowest BCUT2D eigenvalue weighted by molar-refractivity contribution is -0.343. The van der Waals surface area contributed by atoms with Crippen LogP contribution in [0.4, 0.5) is 11.6 Å². The zero-order chi connectivity index (χ0) is 18.5. The Bertz CT molecular complexity index is 1090. The second-order valence-corrected chi connectivity index (χ2v) is 5.74. The van der Waals surface area contributed by atoms with E-state index in [1.807, 2.05) is 36.5 Å². The van der Waals surface area contributed by atoms with Gasteiger partial charge in [-0.3, -0.25) is 0 Å². The first-order valence-corrected chi connectivity index (χ1v) is 8.03. The molecule has 0 radical (unpaired) electrons. The largest absolute Gasteiger partial charge is 0.361 e. The van der Waals surface area contributed by atoms with Crippen LogP contribution in [0.2, 0.25) is 0 Å². The molecule has 3 aromatic rings. The van der Waals surface area contributed by atoms with Crippen LogP contribution >= 0.6 is 0 Å². The van der Waals surface area contributed by atoms with E-state index in [1.165, 1.54) is 0 Å². The second-order valence-electron chi connectivity index (χ2n) is 5.74. The average Bonchev–Trinajstić information content (AvgIpc) is 3.05. The number of H-pyrrole nitrogens is 2. The number of aromatic nitrogens is 2. The minimum Gasteiger partial charge on any atom is -0.361 e. The highest BCUT2D eigenvalue weighted by Gasteiger charge is 2.21. The summed E-state index contributed by atoms with van der Waals surface area (Å²) in [6.07, 6.45) is 2.65. The van der Waals surface area contributed by atoms with Crippen molar-refractivity contribution in [1.29, 1.82) is 15.8 Å². The SMILES string of the molecule is N#CCc1c(C#N)c(N)[nH+]c(NCCc2c[nH]c3ccccc23)c1C#N. The first-order valence-electron chi connectivity index (χ1n) is 8.03. The number of hydrogen-bond donors (Lipinski definition) is 3. The summed E-state index contributed by atoms with van der Waals surface area (Å²) in [4.78, 5) is 6.10. The fraction of sp³-hybridized carbons (Fsp3) is 0.158. The number of nitrogens with zero attached hydrogens (tertiary/aromatic N) is 3. The normalized spacial score (nSPS) is 10.0. The van der Waals surface area contributed by atoms with E-state index >= 15 is 0 Å². The van der Waals surface area contributed by atoms with Gasteiger partial charge in [-0.05, 0) is 11.6 Å². The molecule has 5 N–H and O–H groups in total. The van der Waals surface area contributed by atoms with Gasteiger partial charge in [0.1, 0.15) is 23.3 Å².